The maximum absolute atomic E-state index is 10.2. The molecule has 3 heteroatoms. The molecule has 0 aromatic heterocycles. The van der Waals surface area contributed by atoms with Gasteiger partial charge < -0.3 is 15.9 Å². The Bertz CT molecular complexity index is 542. The summed E-state index contributed by atoms with van der Waals surface area (Å²) in [5.41, 5.74) is 8.44. The van der Waals surface area contributed by atoms with Gasteiger partial charge in [0.2, 0.25) is 0 Å². The number of aryl methyl sites for hydroxylation is 1. The van der Waals surface area contributed by atoms with Gasteiger partial charge >= 0.3 is 0 Å². The van der Waals surface area contributed by atoms with E-state index in [1.165, 1.54) is 0 Å². The van der Waals surface area contributed by atoms with E-state index in [9.17, 15) is 10.2 Å². The fourth-order valence-electron chi connectivity index (χ4n) is 2.43. The molecule has 2 unspecified atom stereocenters. The second-order valence-electron chi connectivity index (χ2n) is 5.30. The van der Waals surface area contributed by atoms with Crippen molar-refractivity contribution in [3.63, 3.8) is 0 Å². The lowest BCUT2D eigenvalue weighted by molar-refractivity contribution is 0.167. The Labute approximate surface area is 126 Å². The molecule has 3 nitrogen and oxygen atoms in total. The van der Waals surface area contributed by atoms with Crippen LogP contribution < -0.4 is 5.73 Å². The van der Waals surface area contributed by atoms with Crippen LogP contribution in [-0.2, 0) is 6.42 Å². The zero-order chi connectivity index (χ0) is 15.1. The summed E-state index contributed by atoms with van der Waals surface area (Å²) < 4.78 is 0. The van der Waals surface area contributed by atoms with Crippen LogP contribution in [0, 0.1) is 0 Å². The summed E-state index contributed by atoms with van der Waals surface area (Å²) in [4.78, 5) is 0. The smallest absolute Gasteiger partial charge is 0.0802 e. The lowest BCUT2D eigenvalue weighted by Gasteiger charge is -2.13. The van der Waals surface area contributed by atoms with E-state index in [0.29, 0.717) is 19.4 Å². The normalized spacial score (nSPS) is 13.9. The molecule has 0 bridgehead atoms. The van der Waals surface area contributed by atoms with Crippen molar-refractivity contribution in [1.82, 2.24) is 0 Å². The van der Waals surface area contributed by atoms with Gasteiger partial charge in [0.1, 0.15) is 0 Å². The van der Waals surface area contributed by atoms with Gasteiger partial charge in [0.25, 0.3) is 0 Å². The number of aliphatic hydroxyl groups is 2. The highest BCUT2D eigenvalue weighted by Gasteiger charge is 2.09. The van der Waals surface area contributed by atoms with Gasteiger partial charge in [-0.1, -0.05) is 54.6 Å². The summed E-state index contributed by atoms with van der Waals surface area (Å²) >= 11 is 0. The Balaban J connectivity index is 1.95. The van der Waals surface area contributed by atoms with Crippen molar-refractivity contribution in [2.45, 2.75) is 31.5 Å². The minimum Gasteiger partial charge on any atom is -0.388 e. The van der Waals surface area contributed by atoms with Crippen molar-refractivity contribution in [2.24, 2.45) is 5.73 Å². The second-order valence-corrected chi connectivity index (χ2v) is 5.30. The number of benzene rings is 2. The number of aliphatic hydroxyl groups excluding tert-OH is 2. The third-order valence-corrected chi connectivity index (χ3v) is 3.67. The molecular weight excluding hydrogens is 262 g/mol. The molecule has 0 spiro atoms. The second kappa shape index (κ2) is 7.93. The van der Waals surface area contributed by atoms with E-state index in [4.69, 9.17) is 5.73 Å². The predicted molar refractivity (Wildman–Crippen MR) is 84.8 cm³/mol. The molecular formula is C18H23NO2. The summed E-state index contributed by atoms with van der Waals surface area (Å²) in [5, 5.41) is 20.1. The molecule has 112 valence electrons. The fraction of sp³-hybridized carbons (Fsp3) is 0.333. The summed E-state index contributed by atoms with van der Waals surface area (Å²) in [6.07, 6.45) is 1.05. The van der Waals surface area contributed by atoms with Crippen molar-refractivity contribution in [3.8, 4) is 0 Å². The molecule has 0 fully saturated rings. The molecule has 2 rings (SSSR count). The Kier molecular flexibility index (Phi) is 5.93. The van der Waals surface area contributed by atoms with Crippen LogP contribution in [0.2, 0.25) is 0 Å². The van der Waals surface area contributed by atoms with Gasteiger partial charge in [-0.3, -0.25) is 0 Å². The van der Waals surface area contributed by atoms with Crippen LogP contribution in [0.1, 0.15) is 41.7 Å². The molecule has 0 saturated carbocycles. The van der Waals surface area contributed by atoms with Gasteiger partial charge in [-0.25, -0.2) is 0 Å². The minimum atomic E-state index is -0.506. The molecule has 2 aromatic rings. The van der Waals surface area contributed by atoms with Crippen LogP contribution in [0.5, 0.6) is 0 Å². The third-order valence-electron chi connectivity index (χ3n) is 3.67. The molecule has 0 radical (unpaired) electrons. The zero-order valence-electron chi connectivity index (χ0n) is 12.2. The lowest BCUT2D eigenvalue weighted by Crippen LogP contribution is -2.07. The first-order chi connectivity index (χ1) is 10.2. The van der Waals surface area contributed by atoms with Crippen molar-refractivity contribution in [1.29, 1.82) is 0 Å². The highest BCUT2D eigenvalue weighted by Crippen LogP contribution is 2.21. The van der Waals surface area contributed by atoms with Crippen molar-refractivity contribution >= 4 is 0 Å². The van der Waals surface area contributed by atoms with E-state index < -0.39 is 12.2 Å². The molecule has 0 saturated heterocycles. The van der Waals surface area contributed by atoms with Crippen LogP contribution in [0.25, 0.3) is 0 Å². The van der Waals surface area contributed by atoms with Gasteiger partial charge in [0.05, 0.1) is 12.2 Å². The molecule has 0 heterocycles. The van der Waals surface area contributed by atoms with Gasteiger partial charge in [0, 0.05) is 0 Å². The summed E-state index contributed by atoms with van der Waals surface area (Å²) in [6, 6.07) is 17.6. The van der Waals surface area contributed by atoms with Crippen molar-refractivity contribution < 1.29 is 10.2 Å². The maximum Gasteiger partial charge on any atom is 0.0802 e. The zero-order valence-corrected chi connectivity index (χ0v) is 12.2. The van der Waals surface area contributed by atoms with Crippen LogP contribution in [0.3, 0.4) is 0 Å². The van der Waals surface area contributed by atoms with E-state index in [1.807, 2.05) is 54.6 Å². The quantitative estimate of drug-likeness (QED) is 0.733. The van der Waals surface area contributed by atoms with E-state index in [2.05, 4.69) is 0 Å². The summed E-state index contributed by atoms with van der Waals surface area (Å²) in [7, 11) is 0. The Hall–Kier alpha value is -1.68. The molecule has 2 aromatic carbocycles. The average Bonchev–Trinajstić information content (AvgIpc) is 2.54. The van der Waals surface area contributed by atoms with Gasteiger partial charge in [0.15, 0.2) is 0 Å². The first-order valence-electron chi connectivity index (χ1n) is 7.40. The van der Waals surface area contributed by atoms with Crippen LogP contribution >= 0.6 is 0 Å². The van der Waals surface area contributed by atoms with E-state index in [0.717, 1.165) is 23.1 Å². The first kappa shape index (κ1) is 15.7. The molecule has 0 aliphatic heterocycles. The highest BCUT2D eigenvalue weighted by atomic mass is 16.3. The van der Waals surface area contributed by atoms with Crippen LogP contribution in [0.15, 0.2) is 54.6 Å². The average molecular weight is 285 g/mol. The predicted octanol–water partition coefficient (Wildman–Crippen LogP) is 2.74. The number of nitrogens with two attached hydrogens (primary N) is 1. The number of hydrogen-bond acceptors (Lipinski definition) is 3. The first-order valence-corrected chi connectivity index (χ1v) is 7.40. The standard InChI is InChI=1S/C18H23NO2/c19-12-11-18(21)16-8-4-5-14(13-16)9-10-17(20)15-6-2-1-3-7-15/h1-8,13,17-18,20-21H,9-12,19H2. The SMILES string of the molecule is NCCC(O)c1cccc(CCC(O)c2ccccc2)c1. The van der Waals surface area contributed by atoms with Crippen molar-refractivity contribution in [3.05, 3.63) is 71.3 Å². The minimum absolute atomic E-state index is 0.455. The molecule has 0 aliphatic rings. The molecule has 21 heavy (non-hydrogen) atoms. The van der Waals surface area contributed by atoms with Crippen LogP contribution in [-0.4, -0.2) is 16.8 Å². The Morgan fingerprint density at radius 1 is 0.810 bits per heavy atom. The van der Waals surface area contributed by atoms with Crippen LogP contribution in [0.4, 0.5) is 0 Å². The number of rotatable bonds is 7. The largest absolute Gasteiger partial charge is 0.388 e. The topological polar surface area (TPSA) is 66.5 Å². The molecule has 0 amide bonds. The Morgan fingerprint density at radius 2 is 1.48 bits per heavy atom. The third kappa shape index (κ3) is 4.67. The lowest BCUT2D eigenvalue weighted by atomic mass is 9.98. The monoisotopic (exact) mass is 285 g/mol. The van der Waals surface area contributed by atoms with E-state index in [1.54, 1.807) is 0 Å². The van der Waals surface area contributed by atoms with E-state index >= 15 is 0 Å². The van der Waals surface area contributed by atoms with Gasteiger partial charge in [-0.15, -0.1) is 0 Å². The van der Waals surface area contributed by atoms with Gasteiger partial charge in [-0.2, -0.15) is 0 Å². The highest BCUT2D eigenvalue weighted by molar-refractivity contribution is 5.26. The molecule has 2 atom stereocenters. The Morgan fingerprint density at radius 3 is 2.19 bits per heavy atom. The molecule has 0 aliphatic carbocycles. The number of hydrogen-bond donors (Lipinski definition) is 3. The molecule has 4 N–H and O–H groups in total. The van der Waals surface area contributed by atoms with Crippen molar-refractivity contribution in [2.75, 3.05) is 6.54 Å². The summed E-state index contributed by atoms with van der Waals surface area (Å²) in [6.45, 7) is 0.470. The summed E-state index contributed by atoms with van der Waals surface area (Å²) in [5.74, 6) is 0. The fourth-order valence-corrected chi connectivity index (χ4v) is 2.43. The van der Waals surface area contributed by atoms with E-state index in [-0.39, 0.29) is 0 Å². The van der Waals surface area contributed by atoms with Gasteiger partial charge in [-0.05, 0) is 42.5 Å². The maximum atomic E-state index is 10.2.